The molecule has 1 aromatic carbocycles. The molecule has 5 heteroatoms. The Kier molecular flexibility index (Phi) is 5.11. The van der Waals surface area contributed by atoms with Crippen molar-refractivity contribution in [3.63, 3.8) is 0 Å². The lowest BCUT2D eigenvalue weighted by Gasteiger charge is -2.09. The van der Waals surface area contributed by atoms with E-state index in [-0.39, 0.29) is 0 Å². The van der Waals surface area contributed by atoms with Gasteiger partial charge in [0.25, 0.3) is 5.22 Å². The molecule has 0 unspecified atom stereocenters. The molecule has 2 aromatic rings. The fourth-order valence-electron chi connectivity index (χ4n) is 1.50. The van der Waals surface area contributed by atoms with E-state index in [1.807, 2.05) is 24.3 Å². The second-order valence-electron chi connectivity index (χ2n) is 3.66. The highest BCUT2D eigenvalue weighted by atomic mass is 32.2. The Morgan fingerprint density at radius 2 is 2.22 bits per heavy atom. The minimum atomic E-state index is 0.501. The molecule has 0 aliphatic heterocycles. The average Bonchev–Trinajstić information content (AvgIpc) is 2.92. The summed E-state index contributed by atoms with van der Waals surface area (Å²) in [6.45, 7) is 1.17. The van der Waals surface area contributed by atoms with Gasteiger partial charge in [-0.25, -0.2) is 4.98 Å². The second-order valence-corrected chi connectivity index (χ2v) is 4.71. The van der Waals surface area contributed by atoms with Crippen LogP contribution in [0.3, 0.4) is 0 Å². The van der Waals surface area contributed by atoms with Crippen molar-refractivity contribution in [2.45, 2.75) is 18.2 Å². The maximum Gasteiger partial charge on any atom is 0.255 e. The van der Waals surface area contributed by atoms with Crippen LogP contribution in [-0.2, 0) is 6.54 Å². The molecule has 0 saturated carbocycles. The SMILES string of the molecule is NCc1ccccc1OCCCSc1ncco1. The van der Waals surface area contributed by atoms with E-state index < -0.39 is 0 Å². The van der Waals surface area contributed by atoms with Crippen LogP contribution < -0.4 is 10.5 Å². The summed E-state index contributed by atoms with van der Waals surface area (Å²) in [6.07, 6.45) is 4.17. The minimum absolute atomic E-state index is 0.501. The molecular weight excluding hydrogens is 248 g/mol. The third-order valence-electron chi connectivity index (χ3n) is 2.37. The van der Waals surface area contributed by atoms with Crippen molar-refractivity contribution < 1.29 is 9.15 Å². The summed E-state index contributed by atoms with van der Waals surface area (Å²) in [5.41, 5.74) is 6.68. The Morgan fingerprint density at radius 1 is 1.33 bits per heavy atom. The number of rotatable bonds is 7. The number of nitrogens with two attached hydrogens (primary N) is 1. The van der Waals surface area contributed by atoms with E-state index in [0.717, 1.165) is 23.5 Å². The van der Waals surface area contributed by atoms with Crippen LogP contribution in [0.5, 0.6) is 5.75 Å². The first-order chi connectivity index (χ1) is 8.90. The van der Waals surface area contributed by atoms with Crippen LogP contribution in [0, 0.1) is 0 Å². The summed E-state index contributed by atoms with van der Waals surface area (Å²) in [5.74, 6) is 1.80. The number of ether oxygens (including phenoxy) is 1. The summed E-state index contributed by atoms with van der Waals surface area (Å²) < 4.78 is 10.8. The fourth-order valence-corrected chi connectivity index (χ4v) is 2.19. The van der Waals surface area contributed by atoms with Gasteiger partial charge in [0.05, 0.1) is 12.8 Å². The first-order valence-corrected chi connectivity index (χ1v) is 6.82. The summed E-state index contributed by atoms with van der Waals surface area (Å²) in [7, 11) is 0. The van der Waals surface area contributed by atoms with Gasteiger partial charge in [0.15, 0.2) is 0 Å². The van der Waals surface area contributed by atoms with Crippen LogP contribution in [-0.4, -0.2) is 17.3 Å². The molecule has 0 aliphatic carbocycles. The van der Waals surface area contributed by atoms with Crippen LogP contribution >= 0.6 is 11.8 Å². The van der Waals surface area contributed by atoms with Crippen LogP contribution in [0.15, 0.2) is 46.4 Å². The number of hydrogen-bond acceptors (Lipinski definition) is 5. The van der Waals surface area contributed by atoms with Gasteiger partial charge in [0.1, 0.15) is 12.0 Å². The van der Waals surface area contributed by atoms with Gasteiger partial charge in [0.2, 0.25) is 0 Å². The number of benzene rings is 1. The van der Waals surface area contributed by atoms with Crippen molar-refractivity contribution in [3.8, 4) is 5.75 Å². The van der Waals surface area contributed by atoms with E-state index >= 15 is 0 Å². The van der Waals surface area contributed by atoms with Gasteiger partial charge in [-0.2, -0.15) is 0 Å². The largest absolute Gasteiger partial charge is 0.493 e. The van der Waals surface area contributed by atoms with Gasteiger partial charge in [-0.1, -0.05) is 30.0 Å². The highest BCUT2D eigenvalue weighted by Crippen LogP contribution is 2.19. The Hall–Kier alpha value is -1.46. The molecule has 0 saturated heterocycles. The third-order valence-corrected chi connectivity index (χ3v) is 3.32. The van der Waals surface area contributed by atoms with Gasteiger partial charge in [-0.15, -0.1) is 0 Å². The highest BCUT2D eigenvalue weighted by molar-refractivity contribution is 7.99. The first-order valence-electron chi connectivity index (χ1n) is 5.83. The summed E-state index contributed by atoms with van der Waals surface area (Å²) >= 11 is 1.59. The lowest BCUT2D eigenvalue weighted by Crippen LogP contribution is -2.04. The predicted molar refractivity (Wildman–Crippen MR) is 71.7 cm³/mol. The van der Waals surface area contributed by atoms with Crippen molar-refractivity contribution in [1.82, 2.24) is 4.98 Å². The van der Waals surface area contributed by atoms with E-state index in [1.54, 1.807) is 24.2 Å². The molecule has 0 fully saturated rings. The zero-order chi connectivity index (χ0) is 12.6. The maximum absolute atomic E-state index is 5.70. The summed E-state index contributed by atoms with van der Waals surface area (Å²) in [4.78, 5) is 4.04. The molecule has 0 aliphatic rings. The van der Waals surface area contributed by atoms with Gasteiger partial charge in [0, 0.05) is 17.9 Å². The van der Waals surface area contributed by atoms with E-state index in [4.69, 9.17) is 14.9 Å². The Labute approximate surface area is 111 Å². The van der Waals surface area contributed by atoms with E-state index in [2.05, 4.69) is 4.98 Å². The lowest BCUT2D eigenvalue weighted by molar-refractivity contribution is 0.315. The number of aromatic nitrogens is 1. The number of nitrogens with zero attached hydrogens (tertiary/aromatic N) is 1. The van der Waals surface area contributed by atoms with Gasteiger partial charge in [-0.3, -0.25) is 0 Å². The Morgan fingerprint density at radius 3 is 3.00 bits per heavy atom. The van der Waals surface area contributed by atoms with Crippen LogP contribution in [0.1, 0.15) is 12.0 Å². The van der Waals surface area contributed by atoms with Crippen LogP contribution in [0.4, 0.5) is 0 Å². The maximum atomic E-state index is 5.70. The molecule has 0 radical (unpaired) electrons. The zero-order valence-corrected chi connectivity index (χ0v) is 10.9. The van der Waals surface area contributed by atoms with Crippen molar-refractivity contribution >= 4 is 11.8 Å². The molecule has 2 N–H and O–H groups in total. The van der Waals surface area contributed by atoms with Gasteiger partial charge < -0.3 is 14.9 Å². The third kappa shape index (κ3) is 3.78. The fraction of sp³-hybridized carbons (Fsp3) is 0.308. The van der Waals surface area contributed by atoms with E-state index in [0.29, 0.717) is 18.4 Å². The molecule has 96 valence electrons. The van der Waals surface area contributed by atoms with Crippen molar-refractivity contribution in [2.75, 3.05) is 12.4 Å². The molecule has 0 bridgehead atoms. The van der Waals surface area contributed by atoms with Crippen LogP contribution in [0.2, 0.25) is 0 Å². The van der Waals surface area contributed by atoms with E-state index in [1.165, 1.54) is 0 Å². The number of thioether (sulfide) groups is 1. The molecule has 1 aromatic heterocycles. The molecule has 2 rings (SSSR count). The number of oxazole rings is 1. The van der Waals surface area contributed by atoms with Gasteiger partial charge >= 0.3 is 0 Å². The molecule has 0 atom stereocenters. The second kappa shape index (κ2) is 7.08. The smallest absolute Gasteiger partial charge is 0.255 e. The molecule has 18 heavy (non-hydrogen) atoms. The van der Waals surface area contributed by atoms with E-state index in [9.17, 15) is 0 Å². The minimum Gasteiger partial charge on any atom is -0.493 e. The first kappa shape index (κ1) is 13.0. The lowest BCUT2D eigenvalue weighted by atomic mass is 10.2. The molecule has 0 spiro atoms. The van der Waals surface area contributed by atoms with Crippen molar-refractivity contribution in [3.05, 3.63) is 42.3 Å². The molecule has 0 amide bonds. The quantitative estimate of drug-likeness (QED) is 0.615. The monoisotopic (exact) mass is 264 g/mol. The van der Waals surface area contributed by atoms with Crippen molar-refractivity contribution in [1.29, 1.82) is 0 Å². The number of hydrogen-bond donors (Lipinski definition) is 1. The Bertz CT molecular complexity index is 460. The standard InChI is InChI=1S/C13H16N2O2S/c14-10-11-4-1-2-5-12(11)16-7-3-9-18-13-15-6-8-17-13/h1-2,4-6,8H,3,7,9-10,14H2. The normalized spacial score (nSPS) is 10.5. The highest BCUT2D eigenvalue weighted by Gasteiger charge is 2.01. The zero-order valence-electron chi connectivity index (χ0n) is 10.0. The number of para-hydroxylation sites is 1. The average molecular weight is 264 g/mol. The molecule has 4 nitrogen and oxygen atoms in total. The van der Waals surface area contributed by atoms with Gasteiger partial charge in [-0.05, 0) is 12.5 Å². The predicted octanol–water partition coefficient (Wildman–Crippen LogP) is 2.69. The van der Waals surface area contributed by atoms with Crippen molar-refractivity contribution in [2.24, 2.45) is 5.73 Å². The summed E-state index contributed by atoms with van der Waals surface area (Å²) in [6, 6.07) is 7.85. The molecular formula is C13H16N2O2S. The molecule has 1 heterocycles. The van der Waals surface area contributed by atoms with Crippen LogP contribution in [0.25, 0.3) is 0 Å². The summed E-state index contributed by atoms with van der Waals surface area (Å²) in [5, 5.41) is 0.706. The topological polar surface area (TPSA) is 61.3 Å². The Balaban J connectivity index is 1.69.